The van der Waals surface area contributed by atoms with Crippen LogP contribution in [0, 0.1) is 0 Å². The summed E-state index contributed by atoms with van der Waals surface area (Å²) in [5.41, 5.74) is 1.06. The fourth-order valence-electron chi connectivity index (χ4n) is 2.35. The van der Waals surface area contributed by atoms with E-state index in [4.69, 9.17) is 9.15 Å². The van der Waals surface area contributed by atoms with Crippen LogP contribution >= 0.6 is 0 Å². The average molecular weight is 352 g/mol. The smallest absolute Gasteiger partial charge is 0.336 e. The van der Waals surface area contributed by atoms with Gasteiger partial charge in [0.25, 0.3) is 5.91 Å². The van der Waals surface area contributed by atoms with Crippen LogP contribution in [0.5, 0.6) is 5.75 Å². The van der Waals surface area contributed by atoms with Crippen molar-refractivity contribution >= 4 is 34.2 Å². The van der Waals surface area contributed by atoms with Crippen molar-refractivity contribution in [1.82, 2.24) is 0 Å². The summed E-state index contributed by atoms with van der Waals surface area (Å²) >= 11 is 0. The molecule has 0 atom stereocenters. The minimum Gasteiger partial charge on any atom is -0.484 e. The number of carbonyl (C=O) groups excluding carboxylic acids is 2. The van der Waals surface area contributed by atoms with E-state index in [0.717, 1.165) is 5.39 Å². The van der Waals surface area contributed by atoms with Gasteiger partial charge in [-0.3, -0.25) is 9.59 Å². The molecule has 0 bridgehead atoms. The molecule has 7 heteroatoms. The van der Waals surface area contributed by atoms with Gasteiger partial charge in [-0.15, -0.1) is 0 Å². The van der Waals surface area contributed by atoms with Crippen LogP contribution in [0.15, 0.2) is 63.8 Å². The Morgan fingerprint density at radius 3 is 2.50 bits per heavy atom. The first kappa shape index (κ1) is 17.2. The van der Waals surface area contributed by atoms with Gasteiger partial charge in [0.2, 0.25) is 5.91 Å². The Kier molecular flexibility index (Phi) is 4.98. The zero-order valence-corrected chi connectivity index (χ0v) is 13.9. The summed E-state index contributed by atoms with van der Waals surface area (Å²) in [5, 5.41) is 6.08. The molecule has 0 fully saturated rings. The van der Waals surface area contributed by atoms with Crippen molar-refractivity contribution in [2.24, 2.45) is 0 Å². The summed E-state index contributed by atoms with van der Waals surface area (Å²) in [6.45, 7) is 1.19. The summed E-state index contributed by atoms with van der Waals surface area (Å²) in [7, 11) is 0. The Morgan fingerprint density at radius 2 is 1.73 bits per heavy atom. The molecule has 0 saturated carbocycles. The first-order valence-corrected chi connectivity index (χ1v) is 7.84. The topological polar surface area (TPSA) is 97.6 Å². The second kappa shape index (κ2) is 7.52. The molecule has 0 aliphatic heterocycles. The monoisotopic (exact) mass is 352 g/mol. The van der Waals surface area contributed by atoms with Gasteiger partial charge >= 0.3 is 5.63 Å². The Bertz CT molecular complexity index is 1030. The quantitative estimate of drug-likeness (QED) is 0.688. The molecule has 0 unspecified atom stereocenters. The minimum atomic E-state index is -0.452. The molecule has 1 aromatic heterocycles. The molecule has 132 valence electrons. The number of carbonyl (C=O) groups is 2. The average Bonchev–Trinajstić information content (AvgIpc) is 2.59. The van der Waals surface area contributed by atoms with E-state index < -0.39 is 5.63 Å². The van der Waals surface area contributed by atoms with E-state index in [9.17, 15) is 14.4 Å². The Labute approximate surface area is 148 Å². The highest BCUT2D eigenvalue weighted by atomic mass is 16.5. The fraction of sp³-hybridized carbons (Fsp3) is 0.105. The summed E-state index contributed by atoms with van der Waals surface area (Å²) in [6, 6.07) is 14.8. The zero-order valence-electron chi connectivity index (χ0n) is 13.9. The highest BCUT2D eigenvalue weighted by Crippen LogP contribution is 2.20. The molecule has 0 radical (unpaired) electrons. The molecule has 3 rings (SSSR count). The minimum absolute atomic E-state index is 0.195. The predicted octanol–water partition coefficient (Wildman–Crippen LogP) is 2.77. The van der Waals surface area contributed by atoms with Crippen molar-refractivity contribution in [3.63, 3.8) is 0 Å². The van der Waals surface area contributed by atoms with Gasteiger partial charge in [-0.1, -0.05) is 6.07 Å². The largest absolute Gasteiger partial charge is 0.484 e. The molecule has 2 aromatic carbocycles. The molecule has 0 aliphatic rings. The SMILES string of the molecule is CC(=O)Nc1cccc(NC(=O)COc2ccc3ccc(=O)oc3c2)c1. The van der Waals surface area contributed by atoms with Gasteiger partial charge in [0, 0.05) is 35.8 Å². The van der Waals surface area contributed by atoms with E-state index >= 15 is 0 Å². The maximum Gasteiger partial charge on any atom is 0.336 e. The normalized spacial score (nSPS) is 10.3. The molecule has 0 aliphatic carbocycles. The molecule has 0 saturated heterocycles. The Hall–Kier alpha value is -3.61. The van der Waals surface area contributed by atoms with E-state index in [1.807, 2.05) is 0 Å². The maximum absolute atomic E-state index is 12.0. The van der Waals surface area contributed by atoms with Gasteiger partial charge in [-0.05, 0) is 36.4 Å². The molecule has 26 heavy (non-hydrogen) atoms. The van der Waals surface area contributed by atoms with Crippen LogP contribution in [0.3, 0.4) is 0 Å². The van der Waals surface area contributed by atoms with Gasteiger partial charge in [-0.2, -0.15) is 0 Å². The lowest BCUT2D eigenvalue weighted by molar-refractivity contribution is -0.118. The molecule has 2 amide bonds. The van der Waals surface area contributed by atoms with Crippen LogP contribution in [0.25, 0.3) is 11.0 Å². The van der Waals surface area contributed by atoms with Crippen LogP contribution in [-0.2, 0) is 9.59 Å². The van der Waals surface area contributed by atoms with Crippen molar-refractivity contribution in [1.29, 1.82) is 0 Å². The number of hydrogen-bond acceptors (Lipinski definition) is 5. The summed E-state index contributed by atoms with van der Waals surface area (Å²) in [5.74, 6) is -0.145. The highest BCUT2D eigenvalue weighted by molar-refractivity contribution is 5.94. The first-order chi connectivity index (χ1) is 12.5. The van der Waals surface area contributed by atoms with Gasteiger partial charge in [-0.25, -0.2) is 4.79 Å². The van der Waals surface area contributed by atoms with Gasteiger partial charge < -0.3 is 19.8 Å². The number of nitrogens with one attached hydrogen (secondary N) is 2. The molecule has 3 aromatic rings. The lowest BCUT2D eigenvalue weighted by Gasteiger charge is -2.09. The third-order valence-corrected chi connectivity index (χ3v) is 3.43. The molecular weight excluding hydrogens is 336 g/mol. The molecular formula is C19H16N2O5. The van der Waals surface area contributed by atoms with E-state index in [1.54, 1.807) is 48.5 Å². The lowest BCUT2D eigenvalue weighted by atomic mass is 10.2. The molecule has 1 heterocycles. The zero-order chi connectivity index (χ0) is 18.5. The van der Waals surface area contributed by atoms with E-state index in [2.05, 4.69) is 10.6 Å². The number of rotatable bonds is 5. The standard InChI is InChI=1S/C19H16N2O5/c1-12(22)20-14-3-2-4-15(9-14)21-18(23)11-25-16-7-5-13-6-8-19(24)26-17(13)10-16/h2-10H,11H2,1H3,(H,20,22)(H,21,23). The third kappa shape index (κ3) is 4.47. The lowest BCUT2D eigenvalue weighted by Crippen LogP contribution is -2.20. The van der Waals surface area contributed by atoms with Crippen molar-refractivity contribution in [2.75, 3.05) is 17.2 Å². The number of fused-ring (bicyclic) bond motifs is 1. The van der Waals surface area contributed by atoms with Crippen LogP contribution < -0.4 is 21.0 Å². The number of ether oxygens (including phenoxy) is 1. The summed E-state index contributed by atoms with van der Waals surface area (Å²) < 4.78 is 10.5. The number of hydrogen-bond donors (Lipinski definition) is 2. The van der Waals surface area contributed by atoms with Crippen molar-refractivity contribution < 1.29 is 18.7 Å². The highest BCUT2D eigenvalue weighted by Gasteiger charge is 2.06. The van der Waals surface area contributed by atoms with Gasteiger partial charge in [0.05, 0.1) is 0 Å². The van der Waals surface area contributed by atoms with Crippen molar-refractivity contribution in [3.8, 4) is 5.75 Å². The third-order valence-electron chi connectivity index (χ3n) is 3.43. The summed E-state index contributed by atoms with van der Waals surface area (Å²) in [6.07, 6.45) is 0. The first-order valence-electron chi connectivity index (χ1n) is 7.84. The Balaban J connectivity index is 1.62. The van der Waals surface area contributed by atoms with Crippen LogP contribution in [0.4, 0.5) is 11.4 Å². The predicted molar refractivity (Wildman–Crippen MR) is 97.4 cm³/mol. The molecule has 2 N–H and O–H groups in total. The van der Waals surface area contributed by atoms with Crippen LogP contribution in [0.2, 0.25) is 0 Å². The van der Waals surface area contributed by atoms with E-state index in [-0.39, 0.29) is 18.4 Å². The van der Waals surface area contributed by atoms with Crippen molar-refractivity contribution in [3.05, 3.63) is 65.0 Å². The van der Waals surface area contributed by atoms with Crippen molar-refractivity contribution in [2.45, 2.75) is 6.92 Å². The fourth-order valence-corrected chi connectivity index (χ4v) is 2.35. The van der Waals surface area contributed by atoms with E-state index in [1.165, 1.54) is 13.0 Å². The van der Waals surface area contributed by atoms with Gasteiger partial charge in [0.1, 0.15) is 11.3 Å². The molecule has 7 nitrogen and oxygen atoms in total. The summed E-state index contributed by atoms with van der Waals surface area (Å²) in [4.78, 5) is 34.4. The molecule has 0 spiro atoms. The number of benzene rings is 2. The maximum atomic E-state index is 12.0. The van der Waals surface area contributed by atoms with Crippen LogP contribution in [-0.4, -0.2) is 18.4 Å². The van der Waals surface area contributed by atoms with Crippen LogP contribution in [0.1, 0.15) is 6.92 Å². The Morgan fingerprint density at radius 1 is 1.00 bits per heavy atom. The van der Waals surface area contributed by atoms with Gasteiger partial charge in [0.15, 0.2) is 6.61 Å². The second-order valence-corrected chi connectivity index (χ2v) is 5.55. The second-order valence-electron chi connectivity index (χ2n) is 5.55. The number of amides is 2. The number of anilines is 2. The van der Waals surface area contributed by atoms with E-state index in [0.29, 0.717) is 22.7 Å².